The molecule has 1 atom stereocenters. The van der Waals surface area contributed by atoms with Gasteiger partial charge in [0, 0.05) is 10.9 Å². The number of aromatic nitrogens is 1. The summed E-state index contributed by atoms with van der Waals surface area (Å²) in [5, 5.41) is 4.52. The SMILES string of the molecule is CCNC(C)c1nc(C)sc1C. The Hall–Kier alpha value is -0.410. The molecule has 68 valence electrons. The standard InChI is InChI=1S/C9H16N2S/c1-5-10-6(2)9-7(3)12-8(4)11-9/h6,10H,5H2,1-4H3. The first-order valence-corrected chi connectivity index (χ1v) is 5.14. The monoisotopic (exact) mass is 184 g/mol. The van der Waals surface area contributed by atoms with E-state index in [0.717, 1.165) is 11.6 Å². The molecule has 0 aromatic carbocycles. The van der Waals surface area contributed by atoms with Gasteiger partial charge in [0.15, 0.2) is 0 Å². The van der Waals surface area contributed by atoms with Crippen LogP contribution in [0.1, 0.15) is 35.5 Å². The number of aryl methyl sites for hydroxylation is 2. The van der Waals surface area contributed by atoms with E-state index in [1.807, 2.05) is 0 Å². The molecule has 0 aliphatic rings. The minimum Gasteiger partial charge on any atom is -0.309 e. The minimum atomic E-state index is 0.389. The van der Waals surface area contributed by atoms with E-state index in [9.17, 15) is 0 Å². The van der Waals surface area contributed by atoms with Crippen LogP contribution in [-0.2, 0) is 0 Å². The largest absolute Gasteiger partial charge is 0.309 e. The van der Waals surface area contributed by atoms with Gasteiger partial charge in [0.2, 0.25) is 0 Å². The predicted octanol–water partition coefficient (Wildman–Crippen LogP) is 2.43. The summed E-state index contributed by atoms with van der Waals surface area (Å²) < 4.78 is 0. The number of rotatable bonds is 3. The molecule has 12 heavy (non-hydrogen) atoms. The molecule has 0 bridgehead atoms. The highest BCUT2D eigenvalue weighted by atomic mass is 32.1. The second kappa shape index (κ2) is 4.01. The first kappa shape index (κ1) is 9.68. The van der Waals surface area contributed by atoms with Crippen LogP contribution in [0.3, 0.4) is 0 Å². The molecule has 3 heteroatoms. The van der Waals surface area contributed by atoms with Gasteiger partial charge in [-0.25, -0.2) is 4.98 Å². The molecule has 0 saturated carbocycles. The van der Waals surface area contributed by atoms with E-state index in [1.165, 1.54) is 10.6 Å². The molecule has 0 saturated heterocycles. The summed E-state index contributed by atoms with van der Waals surface area (Å²) in [6.07, 6.45) is 0. The summed E-state index contributed by atoms with van der Waals surface area (Å²) in [5.41, 5.74) is 1.21. The first-order chi connectivity index (χ1) is 5.65. The smallest absolute Gasteiger partial charge is 0.0900 e. The third-order valence-corrected chi connectivity index (χ3v) is 2.76. The van der Waals surface area contributed by atoms with Crippen LogP contribution in [0.4, 0.5) is 0 Å². The van der Waals surface area contributed by atoms with E-state index in [2.05, 4.69) is 38.0 Å². The van der Waals surface area contributed by atoms with Crippen molar-refractivity contribution in [3.05, 3.63) is 15.6 Å². The van der Waals surface area contributed by atoms with Crippen molar-refractivity contribution in [2.75, 3.05) is 6.54 Å². The summed E-state index contributed by atoms with van der Waals surface area (Å²) in [7, 11) is 0. The Labute approximate surface area is 78.0 Å². The Morgan fingerprint density at radius 2 is 2.17 bits per heavy atom. The van der Waals surface area contributed by atoms with Crippen molar-refractivity contribution in [1.29, 1.82) is 0 Å². The Morgan fingerprint density at radius 1 is 1.50 bits per heavy atom. The Kier molecular flexibility index (Phi) is 3.23. The molecule has 1 aromatic rings. The second-order valence-electron chi connectivity index (χ2n) is 2.95. The molecule has 0 spiro atoms. The molecule has 0 fully saturated rings. The van der Waals surface area contributed by atoms with Crippen LogP contribution < -0.4 is 5.32 Å². The van der Waals surface area contributed by atoms with Gasteiger partial charge in [-0.1, -0.05) is 6.92 Å². The van der Waals surface area contributed by atoms with Crippen molar-refractivity contribution >= 4 is 11.3 Å². The molecule has 0 amide bonds. The zero-order valence-corrected chi connectivity index (χ0v) is 8.96. The van der Waals surface area contributed by atoms with Gasteiger partial charge >= 0.3 is 0 Å². The average Bonchev–Trinajstić information content (AvgIpc) is 2.30. The number of hydrogen-bond acceptors (Lipinski definition) is 3. The molecule has 0 aliphatic carbocycles. The summed E-state index contributed by atoms with van der Waals surface area (Å²) in [4.78, 5) is 5.82. The number of nitrogens with one attached hydrogen (secondary N) is 1. The fourth-order valence-corrected chi connectivity index (χ4v) is 2.26. The van der Waals surface area contributed by atoms with Crippen molar-refractivity contribution in [3.8, 4) is 0 Å². The van der Waals surface area contributed by atoms with Gasteiger partial charge in [-0.05, 0) is 27.3 Å². The minimum absolute atomic E-state index is 0.389. The Bertz CT molecular complexity index is 255. The molecule has 1 heterocycles. The summed E-state index contributed by atoms with van der Waals surface area (Å²) in [5.74, 6) is 0. The molecular weight excluding hydrogens is 168 g/mol. The lowest BCUT2D eigenvalue weighted by molar-refractivity contribution is 0.583. The van der Waals surface area contributed by atoms with E-state index in [4.69, 9.17) is 0 Å². The van der Waals surface area contributed by atoms with E-state index >= 15 is 0 Å². The third kappa shape index (κ3) is 2.05. The third-order valence-electron chi connectivity index (χ3n) is 1.86. The molecule has 1 rings (SSSR count). The quantitative estimate of drug-likeness (QED) is 0.780. The average molecular weight is 184 g/mol. The highest BCUT2D eigenvalue weighted by Crippen LogP contribution is 2.21. The van der Waals surface area contributed by atoms with E-state index < -0.39 is 0 Å². The van der Waals surface area contributed by atoms with Gasteiger partial charge < -0.3 is 5.32 Å². The van der Waals surface area contributed by atoms with E-state index in [1.54, 1.807) is 11.3 Å². The predicted molar refractivity (Wildman–Crippen MR) is 53.7 cm³/mol. The number of thiazole rings is 1. The molecular formula is C9H16N2S. The zero-order chi connectivity index (χ0) is 9.14. The summed E-state index contributed by atoms with van der Waals surface area (Å²) in [6.45, 7) is 9.46. The van der Waals surface area contributed by atoms with Crippen molar-refractivity contribution in [2.24, 2.45) is 0 Å². The maximum Gasteiger partial charge on any atom is 0.0900 e. The molecule has 2 nitrogen and oxygen atoms in total. The maximum atomic E-state index is 4.48. The zero-order valence-electron chi connectivity index (χ0n) is 8.14. The number of nitrogens with zero attached hydrogens (tertiary/aromatic N) is 1. The van der Waals surface area contributed by atoms with Gasteiger partial charge in [-0.3, -0.25) is 0 Å². The van der Waals surface area contributed by atoms with Gasteiger partial charge in [0.1, 0.15) is 0 Å². The molecule has 0 radical (unpaired) electrons. The van der Waals surface area contributed by atoms with Crippen LogP contribution in [-0.4, -0.2) is 11.5 Å². The molecule has 1 aromatic heterocycles. The number of hydrogen-bond donors (Lipinski definition) is 1. The van der Waals surface area contributed by atoms with Crippen molar-refractivity contribution in [2.45, 2.75) is 33.7 Å². The lowest BCUT2D eigenvalue weighted by Gasteiger charge is -2.09. The Morgan fingerprint density at radius 3 is 2.58 bits per heavy atom. The van der Waals surface area contributed by atoms with Gasteiger partial charge in [-0.2, -0.15) is 0 Å². The van der Waals surface area contributed by atoms with Crippen molar-refractivity contribution in [3.63, 3.8) is 0 Å². The van der Waals surface area contributed by atoms with Crippen LogP contribution in [0.25, 0.3) is 0 Å². The molecule has 1 N–H and O–H groups in total. The van der Waals surface area contributed by atoms with Crippen LogP contribution in [0.2, 0.25) is 0 Å². The van der Waals surface area contributed by atoms with Crippen LogP contribution >= 0.6 is 11.3 Å². The lowest BCUT2D eigenvalue weighted by atomic mass is 10.2. The summed E-state index contributed by atoms with van der Waals surface area (Å²) >= 11 is 1.77. The normalized spacial score (nSPS) is 13.3. The van der Waals surface area contributed by atoms with Gasteiger partial charge in [-0.15, -0.1) is 11.3 Å². The first-order valence-electron chi connectivity index (χ1n) is 4.32. The van der Waals surface area contributed by atoms with Gasteiger partial charge in [0.25, 0.3) is 0 Å². The second-order valence-corrected chi connectivity index (χ2v) is 4.36. The van der Waals surface area contributed by atoms with E-state index in [-0.39, 0.29) is 0 Å². The van der Waals surface area contributed by atoms with Crippen molar-refractivity contribution < 1.29 is 0 Å². The van der Waals surface area contributed by atoms with Crippen LogP contribution in [0.5, 0.6) is 0 Å². The summed E-state index contributed by atoms with van der Waals surface area (Å²) in [6, 6.07) is 0.389. The lowest BCUT2D eigenvalue weighted by Crippen LogP contribution is -2.18. The van der Waals surface area contributed by atoms with Crippen LogP contribution in [0, 0.1) is 13.8 Å². The molecule has 1 unspecified atom stereocenters. The maximum absolute atomic E-state index is 4.48. The highest BCUT2D eigenvalue weighted by molar-refractivity contribution is 7.11. The van der Waals surface area contributed by atoms with Crippen molar-refractivity contribution in [1.82, 2.24) is 10.3 Å². The fraction of sp³-hybridized carbons (Fsp3) is 0.667. The van der Waals surface area contributed by atoms with Crippen LogP contribution in [0.15, 0.2) is 0 Å². The highest BCUT2D eigenvalue weighted by Gasteiger charge is 2.10. The topological polar surface area (TPSA) is 24.9 Å². The van der Waals surface area contributed by atoms with E-state index in [0.29, 0.717) is 6.04 Å². The Balaban J connectivity index is 2.79. The fourth-order valence-electron chi connectivity index (χ4n) is 1.35. The van der Waals surface area contributed by atoms with Gasteiger partial charge in [0.05, 0.1) is 10.7 Å². The molecule has 0 aliphatic heterocycles.